The second kappa shape index (κ2) is 5.57. The fourth-order valence-electron chi connectivity index (χ4n) is 2.19. The summed E-state index contributed by atoms with van der Waals surface area (Å²) in [4.78, 5) is 11.7. The third kappa shape index (κ3) is 2.90. The molecular formula is C15H13FO5. The molecule has 1 atom stereocenters. The minimum atomic E-state index is -0.369. The van der Waals surface area contributed by atoms with Gasteiger partial charge >= 0.3 is 0 Å². The highest BCUT2D eigenvalue weighted by molar-refractivity contribution is 5.38. The van der Waals surface area contributed by atoms with E-state index in [0.29, 0.717) is 12.2 Å². The van der Waals surface area contributed by atoms with Gasteiger partial charge in [-0.05, 0) is 18.2 Å². The zero-order chi connectivity index (χ0) is 14.8. The van der Waals surface area contributed by atoms with Crippen LogP contribution in [-0.2, 0) is 13.0 Å². The van der Waals surface area contributed by atoms with E-state index < -0.39 is 0 Å². The zero-order valence-electron chi connectivity index (χ0n) is 11.0. The van der Waals surface area contributed by atoms with E-state index in [0.717, 1.165) is 11.8 Å². The maximum absolute atomic E-state index is 13.1. The minimum Gasteiger partial charge on any atom is -0.486 e. The molecule has 1 N–H and O–H groups in total. The van der Waals surface area contributed by atoms with Gasteiger partial charge in [0.15, 0.2) is 0 Å². The molecule has 1 aromatic carbocycles. The molecule has 1 aliphatic heterocycles. The van der Waals surface area contributed by atoms with Crippen molar-refractivity contribution in [2.75, 3.05) is 6.61 Å². The van der Waals surface area contributed by atoms with Crippen molar-refractivity contribution in [1.29, 1.82) is 0 Å². The first-order valence-electron chi connectivity index (χ1n) is 6.46. The van der Waals surface area contributed by atoms with Crippen molar-refractivity contribution in [2.24, 2.45) is 0 Å². The third-order valence-corrected chi connectivity index (χ3v) is 3.20. The van der Waals surface area contributed by atoms with Crippen molar-refractivity contribution in [2.45, 2.75) is 19.1 Å². The van der Waals surface area contributed by atoms with Gasteiger partial charge in [0.05, 0.1) is 0 Å². The zero-order valence-corrected chi connectivity index (χ0v) is 11.0. The summed E-state index contributed by atoms with van der Waals surface area (Å²) in [5, 5.41) is 8.85. The molecule has 0 spiro atoms. The summed E-state index contributed by atoms with van der Waals surface area (Å²) in [6.45, 7) is -0.193. The Morgan fingerprint density at radius 1 is 1.38 bits per heavy atom. The van der Waals surface area contributed by atoms with Crippen LogP contribution in [0.2, 0.25) is 0 Å². The largest absolute Gasteiger partial charge is 0.486 e. The number of fused-ring (bicyclic) bond motifs is 1. The maximum atomic E-state index is 13.1. The summed E-state index contributed by atoms with van der Waals surface area (Å²) in [6, 6.07) is 5.52. The Labute approximate surface area is 119 Å². The summed E-state index contributed by atoms with van der Waals surface area (Å²) in [7, 11) is 0. The van der Waals surface area contributed by atoms with Crippen LogP contribution in [0.3, 0.4) is 0 Å². The molecule has 6 heteroatoms. The van der Waals surface area contributed by atoms with Gasteiger partial charge in [0.1, 0.15) is 42.9 Å². The van der Waals surface area contributed by atoms with Gasteiger partial charge in [-0.15, -0.1) is 0 Å². The van der Waals surface area contributed by atoms with Gasteiger partial charge < -0.3 is 19.0 Å². The molecule has 1 aromatic heterocycles. The smallest absolute Gasteiger partial charge is 0.227 e. The van der Waals surface area contributed by atoms with Crippen LogP contribution in [0.25, 0.3) is 0 Å². The monoisotopic (exact) mass is 292 g/mol. The van der Waals surface area contributed by atoms with Gasteiger partial charge in [-0.1, -0.05) is 0 Å². The van der Waals surface area contributed by atoms with E-state index >= 15 is 0 Å². The quantitative estimate of drug-likeness (QED) is 0.928. The molecule has 0 radical (unpaired) electrons. The number of hydrogen-bond acceptors (Lipinski definition) is 5. The standard InChI is InChI=1S/C15H13FO5/c16-10-1-2-14-9(3-10)4-12(21-14)7-20-15-8-19-11(6-17)5-13(15)18/h1-3,5,8,12,17H,4,6-7H2. The number of halogens is 1. The predicted molar refractivity (Wildman–Crippen MR) is 70.9 cm³/mol. The van der Waals surface area contributed by atoms with Gasteiger partial charge in [-0.3, -0.25) is 4.79 Å². The number of aliphatic hydroxyl groups excluding tert-OH is 1. The van der Waals surface area contributed by atoms with Crippen molar-refractivity contribution in [3.8, 4) is 11.5 Å². The first-order valence-corrected chi connectivity index (χ1v) is 6.46. The third-order valence-electron chi connectivity index (χ3n) is 3.20. The van der Waals surface area contributed by atoms with Crippen molar-refractivity contribution >= 4 is 0 Å². The summed E-state index contributed by atoms with van der Waals surface area (Å²) >= 11 is 0. The lowest BCUT2D eigenvalue weighted by Crippen LogP contribution is -2.24. The molecule has 0 saturated carbocycles. The van der Waals surface area contributed by atoms with Crippen LogP contribution < -0.4 is 14.9 Å². The number of rotatable bonds is 4. The molecule has 2 heterocycles. The lowest BCUT2D eigenvalue weighted by molar-refractivity contribution is 0.145. The van der Waals surface area contributed by atoms with Crippen LogP contribution >= 0.6 is 0 Å². The van der Waals surface area contributed by atoms with E-state index in [1.807, 2.05) is 0 Å². The molecule has 21 heavy (non-hydrogen) atoms. The molecule has 3 rings (SSSR count). The van der Waals surface area contributed by atoms with E-state index in [1.54, 1.807) is 6.07 Å². The molecule has 0 bridgehead atoms. The van der Waals surface area contributed by atoms with E-state index in [9.17, 15) is 9.18 Å². The SMILES string of the molecule is O=c1cc(CO)occ1OCC1Cc2cc(F)ccc2O1. The Morgan fingerprint density at radius 3 is 3.00 bits per heavy atom. The summed E-state index contributed by atoms with van der Waals surface area (Å²) in [6.07, 6.45) is 1.40. The highest BCUT2D eigenvalue weighted by atomic mass is 19.1. The van der Waals surface area contributed by atoms with Crippen LogP contribution in [-0.4, -0.2) is 17.8 Å². The number of ether oxygens (including phenoxy) is 2. The minimum absolute atomic E-state index is 0.0536. The fourth-order valence-corrected chi connectivity index (χ4v) is 2.19. The molecule has 0 aliphatic carbocycles. The highest BCUT2D eigenvalue weighted by Gasteiger charge is 2.24. The van der Waals surface area contributed by atoms with Crippen LogP contribution in [0.15, 0.2) is 39.7 Å². The van der Waals surface area contributed by atoms with E-state index in [1.165, 1.54) is 18.2 Å². The second-order valence-corrected chi connectivity index (χ2v) is 4.74. The Kier molecular flexibility index (Phi) is 3.62. The highest BCUT2D eigenvalue weighted by Crippen LogP contribution is 2.29. The second-order valence-electron chi connectivity index (χ2n) is 4.74. The summed E-state index contributed by atoms with van der Waals surface area (Å²) < 4.78 is 29.1. The van der Waals surface area contributed by atoms with Crippen molar-refractivity contribution in [3.63, 3.8) is 0 Å². The molecular weight excluding hydrogens is 279 g/mol. The number of benzene rings is 1. The molecule has 0 saturated heterocycles. The molecule has 2 aromatic rings. The molecule has 0 fully saturated rings. The molecule has 1 unspecified atom stereocenters. The van der Waals surface area contributed by atoms with Crippen LogP contribution in [0.1, 0.15) is 11.3 Å². The lowest BCUT2D eigenvalue weighted by atomic mass is 10.1. The average molecular weight is 292 g/mol. The van der Waals surface area contributed by atoms with E-state index in [-0.39, 0.29) is 42.1 Å². The van der Waals surface area contributed by atoms with Crippen LogP contribution in [0.4, 0.5) is 4.39 Å². The molecule has 1 aliphatic rings. The van der Waals surface area contributed by atoms with Gasteiger partial charge in [0.25, 0.3) is 0 Å². The van der Waals surface area contributed by atoms with Gasteiger partial charge in [0, 0.05) is 18.1 Å². The Hall–Kier alpha value is -2.34. The normalized spacial score (nSPS) is 16.4. The Balaban J connectivity index is 1.64. The lowest BCUT2D eigenvalue weighted by Gasteiger charge is -2.11. The summed E-state index contributed by atoms with van der Waals surface area (Å²) in [5.74, 6) is 0.553. The van der Waals surface area contributed by atoms with Crippen molar-refractivity contribution in [1.82, 2.24) is 0 Å². The topological polar surface area (TPSA) is 68.9 Å². The fraction of sp³-hybridized carbons (Fsp3) is 0.267. The first kappa shape index (κ1) is 13.6. The number of aliphatic hydroxyl groups is 1. The Morgan fingerprint density at radius 2 is 2.24 bits per heavy atom. The Bertz CT molecular complexity index is 709. The van der Waals surface area contributed by atoms with Gasteiger partial charge in [-0.25, -0.2) is 4.39 Å². The maximum Gasteiger partial charge on any atom is 0.227 e. The van der Waals surface area contributed by atoms with E-state index in [2.05, 4.69) is 0 Å². The van der Waals surface area contributed by atoms with E-state index in [4.69, 9.17) is 19.0 Å². The molecule has 5 nitrogen and oxygen atoms in total. The van der Waals surface area contributed by atoms with Gasteiger partial charge in [0.2, 0.25) is 11.2 Å². The predicted octanol–water partition coefficient (Wildman–Crippen LogP) is 1.65. The number of hydrogen-bond donors (Lipinski definition) is 1. The first-order chi connectivity index (χ1) is 10.2. The van der Waals surface area contributed by atoms with Gasteiger partial charge in [-0.2, -0.15) is 0 Å². The molecule has 0 amide bonds. The average Bonchev–Trinajstić information content (AvgIpc) is 2.87. The van der Waals surface area contributed by atoms with Crippen LogP contribution in [0, 0.1) is 5.82 Å². The van der Waals surface area contributed by atoms with Crippen molar-refractivity contribution in [3.05, 3.63) is 57.9 Å². The van der Waals surface area contributed by atoms with Crippen LogP contribution in [0.5, 0.6) is 11.5 Å². The summed E-state index contributed by atoms with van der Waals surface area (Å²) in [5.41, 5.74) is 0.415. The molecule has 110 valence electrons. The van der Waals surface area contributed by atoms with Crippen molar-refractivity contribution < 1.29 is 23.4 Å².